The van der Waals surface area contributed by atoms with Gasteiger partial charge in [-0.3, -0.25) is 9.89 Å². The van der Waals surface area contributed by atoms with Crippen molar-refractivity contribution in [2.24, 2.45) is 0 Å². The fourth-order valence-electron chi connectivity index (χ4n) is 3.94. The number of aromatic amines is 1. The molecule has 4 heterocycles. The van der Waals surface area contributed by atoms with Crippen molar-refractivity contribution < 1.29 is 14.3 Å². The van der Waals surface area contributed by atoms with Gasteiger partial charge in [-0.25, -0.2) is 9.78 Å². The molecule has 0 saturated carbocycles. The van der Waals surface area contributed by atoms with Crippen LogP contribution < -0.4 is 5.56 Å². The van der Waals surface area contributed by atoms with Crippen LogP contribution in [0, 0.1) is 0 Å². The lowest BCUT2D eigenvalue weighted by Crippen LogP contribution is -2.52. The first kappa shape index (κ1) is 18.4. The van der Waals surface area contributed by atoms with Gasteiger partial charge < -0.3 is 14.4 Å². The minimum atomic E-state index is -0.740. The zero-order chi connectivity index (χ0) is 19.6. The molecule has 1 fully saturated rings. The Morgan fingerprint density at radius 2 is 2.15 bits per heavy atom. The number of fused-ring (bicyclic) bond motifs is 3. The number of nitrogens with zero attached hydrogens (tertiary/aromatic N) is 4. The predicted octanol–water partition coefficient (Wildman–Crippen LogP) is 2.33. The number of amides is 1. The van der Waals surface area contributed by atoms with Gasteiger partial charge in [0.05, 0.1) is 17.9 Å². The van der Waals surface area contributed by atoms with Crippen LogP contribution in [0.4, 0.5) is 4.79 Å². The van der Waals surface area contributed by atoms with Crippen molar-refractivity contribution >= 4 is 27.8 Å². The van der Waals surface area contributed by atoms with Gasteiger partial charge >= 0.3 is 6.09 Å². The fourth-order valence-corrected chi connectivity index (χ4v) is 4.27. The van der Waals surface area contributed by atoms with Gasteiger partial charge in [0.1, 0.15) is 11.2 Å². The standard InChI is InChI=1S/C17H22BrN5O4/c1-9-7-17(5-6-22(9)15(25)27-16(2,3)4)11-10(8-26-17)19-14-20-13(18)21-23(14)12(11)24/h9H,5-8H2,1-4H3,(H,19,20,21)/t9-,17-/m0/s1. The molecule has 0 unspecified atom stereocenters. The molecule has 2 aliphatic rings. The molecular weight excluding hydrogens is 418 g/mol. The van der Waals surface area contributed by atoms with Crippen LogP contribution in [0.3, 0.4) is 0 Å². The molecule has 0 bridgehead atoms. The summed E-state index contributed by atoms with van der Waals surface area (Å²) in [5, 5.41) is 2.85. The molecule has 2 aromatic heterocycles. The number of ether oxygens (including phenoxy) is 2. The Kier molecular flexibility index (Phi) is 4.12. The number of rotatable bonds is 0. The Bertz CT molecular complexity index is 978. The number of likely N-dealkylation sites (tertiary alicyclic amines) is 1. The summed E-state index contributed by atoms with van der Waals surface area (Å²) in [7, 11) is 0. The van der Waals surface area contributed by atoms with Gasteiger partial charge in [0.15, 0.2) is 4.73 Å². The number of carbonyl (C=O) groups excluding carboxylic acids is 1. The van der Waals surface area contributed by atoms with Crippen LogP contribution in [-0.2, 0) is 21.7 Å². The Morgan fingerprint density at radius 3 is 2.81 bits per heavy atom. The van der Waals surface area contributed by atoms with Crippen LogP contribution in [-0.4, -0.2) is 48.8 Å². The molecule has 9 nitrogen and oxygen atoms in total. The lowest BCUT2D eigenvalue weighted by atomic mass is 9.82. The number of nitrogens with one attached hydrogen (secondary N) is 1. The molecular formula is C17H22BrN5O4. The quantitative estimate of drug-likeness (QED) is 0.675. The van der Waals surface area contributed by atoms with Crippen molar-refractivity contribution in [3.63, 3.8) is 0 Å². The molecule has 2 aliphatic heterocycles. The van der Waals surface area contributed by atoms with Crippen molar-refractivity contribution in [2.75, 3.05) is 6.54 Å². The number of hydrogen-bond donors (Lipinski definition) is 1. The summed E-state index contributed by atoms with van der Waals surface area (Å²) in [6, 6.07) is -0.131. The van der Waals surface area contributed by atoms with Crippen molar-refractivity contribution in [1.29, 1.82) is 0 Å². The number of H-pyrrole nitrogens is 1. The van der Waals surface area contributed by atoms with Crippen LogP contribution in [0.5, 0.6) is 0 Å². The van der Waals surface area contributed by atoms with Crippen LogP contribution in [0.2, 0.25) is 0 Å². The van der Waals surface area contributed by atoms with Crippen molar-refractivity contribution in [3.05, 3.63) is 26.3 Å². The van der Waals surface area contributed by atoms with E-state index in [1.807, 2.05) is 27.7 Å². The first-order valence-corrected chi connectivity index (χ1v) is 9.70. The molecule has 10 heteroatoms. The average molecular weight is 440 g/mol. The van der Waals surface area contributed by atoms with Gasteiger partial charge in [-0.15, -0.1) is 0 Å². The van der Waals surface area contributed by atoms with Crippen LogP contribution >= 0.6 is 15.9 Å². The number of aromatic nitrogens is 4. The number of carbonyl (C=O) groups is 1. The number of halogens is 1. The molecule has 0 radical (unpaired) electrons. The lowest BCUT2D eigenvalue weighted by Gasteiger charge is -2.43. The normalized spacial score (nSPS) is 25.2. The third-order valence-electron chi connectivity index (χ3n) is 5.03. The Balaban J connectivity index is 1.66. The van der Waals surface area contributed by atoms with Crippen molar-refractivity contribution in [3.8, 4) is 0 Å². The van der Waals surface area contributed by atoms with E-state index in [0.29, 0.717) is 41.2 Å². The first-order chi connectivity index (χ1) is 12.6. The largest absolute Gasteiger partial charge is 0.444 e. The molecule has 146 valence electrons. The molecule has 0 aliphatic carbocycles. The monoisotopic (exact) mass is 439 g/mol. The van der Waals surface area contributed by atoms with E-state index in [4.69, 9.17) is 9.47 Å². The maximum Gasteiger partial charge on any atom is 0.410 e. The molecule has 1 saturated heterocycles. The van der Waals surface area contributed by atoms with Gasteiger partial charge in [-0.2, -0.15) is 9.50 Å². The van der Waals surface area contributed by atoms with E-state index < -0.39 is 11.2 Å². The molecule has 4 rings (SSSR count). The van der Waals surface area contributed by atoms with Gasteiger partial charge in [0.25, 0.3) is 11.3 Å². The first-order valence-electron chi connectivity index (χ1n) is 8.91. The van der Waals surface area contributed by atoms with E-state index in [2.05, 4.69) is 31.0 Å². The third-order valence-corrected chi connectivity index (χ3v) is 5.38. The highest BCUT2D eigenvalue weighted by atomic mass is 79.9. The van der Waals surface area contributed by atoms with Crippen LogP contribution in [0.25, 0.3) is 5.78 Å². The molecule has 1 spiro atoms. The molecule has 0 aromatic carbocycles. The lowest BCUT2D eigenvalue weighted by molar-refractivity contribution is -0.0945. The van der Waals surface area contributed by atoms with Crippen molar-refractivity contribution in [2.45, 2.75) is 64.4 Å². The van der Waals surface area contributed by atoms with Gasteiger partial charge in [-0.05, 0) is 50.0 Å². The summed E-state index contributed by atoms with van der Waals surface area (Å²) in [5.41, 5.74) is -0.312. The average Bonchev–Trinajstić information content (AvgIpc) is 3.07. The summed E-state index contributed by atoms with van der Waals surface area (Å²) in [4.78, 5) is 35.9. The van der Waals surface area contributed by atoms with Gasteiger partial charge in [0, 0.05) is 19.0 Å². The van der Waals surface area contributed by atoms with E-state index >= 15 is 0 Å². The zero-order valence-corrected chi connectivity index (χ0v) is 17.3. The summed E-state index contributed by atoms with van der Waals surface area (Å²) in [5.74, 6) is 0.311. The van der Waals surface area contributed by atoms with Crippen molar-refractivity contribution in [1.82, 2.24) is 24.5 Å². The second-order valence-electron chi connectivity index (χ2n) is 8.15. The highest BCUT2D eigenvalue weighted by Gasteiger charge is 2.49. The topological polar surface area (TPSA) is 102 Å². The molecule has 2 aromatic rings. The fraction of sp³-hybridized carbons (Fsp3) is 0.647. The van der Waals surface area contributed by atoms with E-state index in [1.54, 1.807) is 4.90 Å². The van der Waals surface area contributed by atoms with Gasteiger partial charge in [-0.1, -0.05) is 0 Å². The van der Waals surface area contributed by atoms with E-state index in [-0.39, 0.29) is 24.3 Å². The maximum atomic E-state index is 13.1. The molecule has 27 heavy (non-hydrogen) atoms. The Hall–Kier alpha value is -1.94. The summed E-state index contributed by atoms with van der Waals surface area (Å²) < 4.78 is 13.4. The van der Waals surface area contributed by atoms with E-state index in [9.17, 15) is 9.59 Å². The summed E-state index contributed by atoms with van der Waals surface area (Å²) in [6.07, 6.45) is 0.685. The van der Waals surface area contributed by atoms with Gasteiger partial charge in [0.2, 0.25) is 0 Å². The Labute approximate surface area is 164 Å². The number of hydrogen-bond acceptors (Lipinski definition) is 6. The smallest absolute Gasteiger partial charge is 0.410 e. The van der Waals surface area contributed by atoms with E-state index in [0.717, 1.165) is 0 Å². The second-order valence-corrected chi connectivity index (χ2v) is 8.90. The Morgan fingerprint density at radius 1 is 1.41 bits per heavy atom. The summed E-state index contributed by atoms with van der Waals surface area (Å²) >= 11 is 3.24. The molecule has 2 atom stereocenters. The minimum Gasteiger partial charge on any atom is -0.444 e. The second kappa shape index (κ2) is 6.03. The highest BCUT2D eigenvalue weighted by molar-refractivity contribution is 9.10. The SMILES string of the molecule is C[C@H]1C[C@]2(CCN1C(=O)OC(C)(C)C)OCc1nc3nc(Br)[nH]n3c(=O)c12. The minimum absolute atomic E-state index is 0.131. The molecule has 1 amide bonds. The molecule has 1 N–H and O–H groups in total. The van der Waals surface area contributed by atoms with E-state index in [1.165, 1.54) is 4.52 Å². The number of piperidine rings is 1. The summed E-state index contributed by atoms with van der Waals surface area (Å²) in [6.45, 7) is 8.20. The zero-order valence-electron chi connectivity index (χ0n) is 15.7. The predicted molar refractivity (Wildman–Crippen MR) is 99.4 cm³/mol. The van der Waals surface area contributed by atoms with Crippen LogP contribution in [0.15, 0.2) is 9.53 Å². The maximum absolute atomic E-state index is 13.1. The third kappa shape index (κ3) is 3.04. The highest BCUT2D eigenvalue weighted by Crippen LogP contribution is 2.44. The van der Waals surface area contributed by atoms with Crippen LogP contribution in [0.1, 0.15) is 51.8 Å².